The van der Waals surface area contributed by atoms with E-state index in [0.717, 1.165) is 6.07 Å². The van der Waals surface area contributed by atoms with E-state index in [1.807, 2.05) is 0 Å². The van der Waals surface area contributed by atoms with Crippen LogP contribution in [0, 0.1) is 5.82 Å². The van der Waals surface area contributed by atoms with E-state index in [2.05, 4.69) is 4.74 Å². The van der Waals surface area contributed by atoms with Crippen LogP contribution in [0.4, 0.5) is 4.39 Å². The van der Waals surface area contributed by atoms with Crippen LogP contribution in [0.2, 0.25) is 0 Å². The van der Waals surface area contributed by atoms with Gasteiger partial charge in [-0.2, -0.15) is 0 Å². The summed E-state index contributed by atoms with van der Waals surface area (Å²) in [6.45, 7) is 1.49. The number of fused-ring (bicyclic) bond motifs is 1. The van der Waals surface area contributed by atoms with Gasteiger partial charge in [-0.25, -0.2) is 9.18 Å². The summed E-state index contributed by atoms with van der Waals surface area (Å²) in [7, 11) is 0. The number of carbonyl (C=O) groups is 2. The molecular weight excluding hydrogens is 231 g/mol. The lowest BCUT2D eigenvalue weighted by Crippen LogP contribution is -2.18. The van der Waals surface area contributed by atoms with Crippen molar-refractivity contribution in [1.29, 1.82) is 0 Å². The first kappa shape index (κ1) is 11.4. The second-order valence-electron chi connectivity index (χ2n) is 3.21. The Balaban J connectivity index is 2.37. The third-order valence-electron chi connectivity index (χ3n) is 2.18. The molecule has 1 heterocycles. The van der Waals surface area contributed by atoms with Crippen LogP contribution < -0.4 is 9.47 Å². The average molecular weight is 240 g/mol. The van der Waals surface area contributed by atoms with Gasteiger partial charge < -0.3 is 14.2 Å². The third-order valence-corrected chi connectivity index (χ3v) is 2.18. The van der Waals surface area contributed by atoms with Crippen molar-refractivity contribution in [2.75, 3.05) is 13.4 Å². The van der Waals surface area contributed by atoms with E-state index < -0.39 is 17.6 Å². The van der Waals surface area contributed by atoms with Crippen LogP contribution in [0.25, 0.3) is 0 Å². The Bertz CT molecular complexity index is 483. The molecule has 1 aromatic rings. The zero-order valence-corrected chi connectivity index (χ0v) is 8.99. The summed E-state index contributed by atoms with van der Waals surface area (Å²) >= 11 is 0. The molecule has 0 unspecified atom stereocenters. The molecule has 0 radical (unpaired) electrons. The maximum atomic E-state index is 13.3. The molecule has 1 aliphatic heterocycles. The van der Waals surface area contributed by atoms with Gasteiger partial charge in [0.05, 0.1) is 12.2 Å². The molecule has 17 heavy (non-hydrogen) atoms. The minimum Gasteiger partial charge on any atom is -0.460 e. The SMILES string of the molecule is CCOC(=O)C(=O)c1ccc(F)c2c1OCO2. The van der Waals surface area contributed by atoms with Crippen molar-refractivity contribution < 1.29 is 28.2 Å². The Kier molecular flexibility index (Phi) is 2.95. The summed E-state index contributed by atoms with van der Waals surface area (Å²) in [6, 6.07) is 2.21. The van der Waals surface area contributed by atoms with Crippen LogP contribution in [0.3, 0.4) is 0 Å². The lowest BCUT2D eigenvalue weighted by Gasteiger charge is -2.04. The molecule has 2 rings (SSSR count). The fourth-order valence-corrected chi connectivity index (χ4v) is 1.45. The first-order chi connectivity index (χ1) is 8.15. The number of rotatable bonds is 3. The first-order valence-electron chi connectivity index (χ1n) is 4.94. The van der Waals surface area contributed by atoms with Gasteiger partial charge in [-0.15, -0.1) is 0 Å². The monoisotopic (exact) mass is 240 g/mol. The molecule has 1 aromatic carbocycles. The number of halogens is 1. The number of benzene rings is 1. The molecule has 0 N–H and O–H groups in total. The molecule has 0 aromatic heterocycles. The predicted molar refractivity (Wildman–Crippen MR) is 53.5 cm³/mol. The zero-order chi connectivity index (χ0) is 12.4. The van der Waals surface area contributed by atoms with Crippen LogP contribution >= 0.6 is 0 Å². The van der Waals surface area contributed by atoms with Gasteiger partial charge in [0.25, 0.3) is 5.78 Å². The fourth-order valence-electron chi connectivity index (χ4n) is 1.45. The molecule has 0 saturated heterocycles. The van der Waals surface area contributed by atoms with Crippen LogP contribution in [-0.2, 0) is 9.53 Å². The molecule has 0 fully saturated rings. The number of Topliss-reactive ketones (excluding diaryl/α,β-unsaturated/α-hetero) is 1. The Morgan fingerprint density at radius 1 is 1.35 bits per heavy atom. The van der Waals surface area contributed by atoms with E-state index in [0.29, 0.717) is 0 Å². The number of ketones is 1. The van der Waals surface area contributed by atoms with E-state index >= 15 is 0 Å². The smallest absolute Gasteiger partial charge is 0.379 e. The molecule has 0 bridgehead atoms. The average Bonchev–Trinajstić information content (AvgIpc) is 2.79. The lowest BCUT2D eigenvalue weighted by molar-refractivity contribution is -0.137. The summed E-state index contributed by atoms with van der Waals surface area (Å²) in [4.78, 5) is 22.9. The van der Waals surface area contributed by atoms with Crippen molar-refractivity contribution in [2.45, 2.75) is 6.92 Å². The third kappa shape index (κ3) is 1.93. The van der Waals surface area contributed by atoms with Gasteiger partial charge in [-0.1, -0.05) is 0 Å². The van der Waals surface area contributed by atoms with Crippen molar-refractivity contribution in [3.05, 3.63) is 23.5 Å². The van der Waals surface area contributed by atoms with E-state index in [9.17, 15) is 14.0 Å². The first-order valence-corrected chi connectivity index (χ1v) is 4.94. The molecule has 0 aliphatic carbocycles. The second-order valence-corrected chi connectivity index (χ2v) is 3.21. The lowest BCUT2D eigenvalue weighted by atomic mass is 10.1. The summed E-state index contributed by atoms with van der Waals surface area (Å²) in [5.41, 5.74) is -0.0580. The topological polar surface area (TPSA) is 61.8 Å². The Morgan fingerprint density at radius 3 is 2.76 bits per heavy atom. The highest BCUT2D eigenvalue weighted by atomic mass is 19.1. The quantitative estimate of drug-likeness (QED) is 0.452. The molecule has 90 valence electrons. The molecule has 0 saturated carbocycles. The molecule has 1 aliphatic rings. The largest absolute Gasteiger partial charge is 0.460 e. The van der Waals surface area contributed by atoms with Gasteiger partial charge in [0, 0.05) is 0 Å². The Labute approximate surface area is 96.1 Å². The van der Waals surface area contributed by atoms with E-state index in [4.69, 9.17) is 9.47 Å². The highest BCUT2D eigenvalue weighted by Gasteiger charge is 2.29. The van der Waals surface area contributed by atoms with E-state index in [1.54, 1.807) is 6.92 Å². The molecule has 5 nitrogen and oxygen atoms in total. The molecule has 6 heteroatoms. The standard InChI is InChI=1S/C11H9FO5/c1-2-15-11(14)8(13)6-3-4-7(12)10-9(6)16-5-17-10/h3-4H,2,5H2,1H3. The van der Waals surface area contributed by atoms with Crippen molar-refractivity contribution in [3.63, 3.8) is 0 Å². The number of hydrogen-bond donors (Lipinski definition) is 0. The van der Waals surface area contributed by atoms with Crippen LogP contribution in [0.1, 0.15) is 17.3 Å². The van der Waals surface area contributed by atoms with E-state index in [-0.39, 0.29) is 30.5 Å². The van der Waals surface area contributed by atoms with Gasteiger partial charge in [-0.3, -0.25) is 4.79 Å². The van der Waals surface area contributed by atoms with Gasteiger partial charge in [0.2, 0.25) is 12.5 Å². The molecule has 0 amide bonds. The number of ether oxygens (including phenoxy) is 3. The number of carbonyl (C=O) groups excluding carboxylic acids is 2. The molecule has 0 atom stereocenters. The Hall–Kier alpha value is -2.11. The van der Waals surface area contributed by atoms with Crippen LogP contribution in [-0.4, -0.2) is 25.2 Å². The van der Waals surface area contributed by atoms with Crippen LogP contribution in [0.5, 0.6) is 11.5 Å². The van der Waals surface area contributed by atoms with Gasteiger partial charge in [0.1, 0.15) is 0 Å². The maximum absolute atomic E-state index is 13.3. The highest BCUT2D eigenvalue weighted by Crippen LogP contribution is 2.38. The molecular formula is C11H9FO5. The highest BCUT2D eigenvalue weighted by molar-refractivity contribution is 6.41. The van der Waals surface area contributed by atoms with Gasteiger partial charge >= 0.3 is 5.97 Å². The Morgan fingerprint density at radius 2 is 2.06 bits per heavy atom. The summed E-state index contributed by atoms with van der Waals surface area (Å²) in [6.07, 6.45) is 0. The number of hydrogen-bond acceptors (Lipinski definition) is 5. The second kappa shape index (κ2) is 4.40. The van der Waals surface area contributed by atoms with Crippen molar-refractivity contribution in [2.24, 2.45) is 0 Å². The van der Waals surface area contributed by atoms with Crippen molar-refractivity contribution >= 4 is 11.8 Å². The van der Waals surface area contributed by atoms with Crippen molar-refractivity contribution in [3.8, 4) is 11.5 Å². The normalized spacial score (nSPS) is 12.4. The van der Waals surface area contributed by atoms with Gasteiger partial charge in [0.15, 0.2) is 11.6 Å². The van der Waals surface area contributed by atoms with Crippen molar-refractivity contribution in [1.82, 2.24) is 0 Å². The summed E-state index contributed by atoms with van der Waals surface area (Å²) in [5, 5.41) is 0. The molecule has 0 spiro atoms. The summed E-state index contributed by atoms with van der Waals surface area (Å²) in [5.74, 6) is -2.73. The summed E-state index contributed by atoms with van der Waals surface area (Å²) < 4.78 is 27.6. The fraction of sp³-hybridized carbons (Fsp3) is 0.273. The minimum absolute atomic E-state index is 0.0527. The van der Waals surface area contributed by atoms with Crippen LogP contribution in [0.15, 0.2) is 12.1 Å². The zero-order valence-electron chi connectivity index (χ0n) is 8.99. The maximum Gasteiger partial charge on any atom is 0.379 e. The van der Waals surface area contributed by atoms with E-state index in [1.165, 1.54) is 6.07 Å². The predicted octanol–water partition coefficient (Wildman–Crippen LogP) is 1.30. The van der Waals surface area contributed by atoms with Gasteiger partial charge in [-0.05, 0) is 19.1 Å². The minimum atomic E-state index is -1.00. The number of esters is 1.